The van der Waals surface area contributed by atoms with Gasteiger partial charge in [-0.25, -0.2) is 0 Å². The molecule has 1 rings (SSSR count). The second-order valence-corrected chi connectivity index (χ2v) is 2.59. The summed E-state index contributed by atoms with van der Waals surface area (Å²) in [5, 5.41) is 2.97. The molecule has 0 bridgehead atoms. The molecule has 1 saturated heterocycles. The number of halogens is 2. The number of hydrogen-bond acceptors (Lipinski definition) is 3. The first-order valence-corrected chi connectivity index (χ1v) is 2.99. The van der Waals surface area contributed by atoms with Crippen LogP contribution in [0.4, 0.5) is 0 Å². The molecule has 1 aliphatic rings. The van der Waals surface area contributed by atoms with Gasteiger partial charge in [-0.15, -0.1) is 0 Å². The SMILES string of the molecule is ClN1CNCN(Cl)C1.[H-].[Na+]. The van der Waals surface area contributed by atoms with E-state index in [1.54, 1.807) is 8.84 Å². The minimum Gasteiger partial charge on any atom is -1.00 e. The van der Waals surface area contributed by atoms with Gasteiger partial charge in [-0.05, 0) is 23.6 Å². The van der Waals surface area contributed by atoms with Crippen LogP contribution in [0.2, 0.25) is 0 Å². The van der Waals surface area contributed by atoms with Gasteiger partial charge in [0.2, 0.25) is 0 Å². The molecule has 6 heteroatoms. The molecule has 0 aromatic heterocycles. The van der Waals surface area contributed by atoms with Gasteiger partial charge in [-0.2, -0.15) is 8.84 Å². The maximum atomic E-state index is 5.56. The number of hydrogen-bond donors (Lipinski definition) is 1. The molecular formula is C3H8Cl2N3Na. The summed E-state index contributed by atoms with van der Waals surface area (Å²) in [7, 11) is 0. The second kappa shape index (κ2) is 5.16. The Kier molecular flexibility index (Phi) is 5.99. The van der Waals surface area contributed by atoms with E-state index in [2.05, 4.69) is 5.32 Å². The summed E-state index contributed by atoms with van der Waals surface area (Å²) in [5.74, 6) is 0. The average molecular weight is 180 g/mol. The van der Waals surface area contributed by atoms with Crippen LogP contribution in [0.3, 0.4) is 0 Å². The first-order chi connectivity index (χ1) is 3.79. The fraction of sp³-hybridized carbons (Fsp3) is 1.00. The number of nitrogens with one attached hydrogen (secondary N) is 1. The zero-order valence-electron chi connectivity index (χ0n) is 6.27. The molecule has 0 spiro atoms. The van der Waals surface area contributed by atoms with Crippen molar-refractivity contribution in [3.63, 3.8) is 0 Å². The molecule has 0 aromatic carbocycles. The summed E-state index contributed by atoms with van der Waals surface area (Å²) < 4.78 is 3.13. The zero-order chi connectivity index (χ0) is 5.98. The van der Waals surface area contributed by atoms with E-state index in [1.165, 1.54) is 0 Å². The van der Waals surface area contributed by atoms with Crippen molar-refractivity contribution in [2.75, 3.05) is 20.0 Å². The van der Waals surface area contributed by atoms with Gasteiger partial charge < -0.3 is 1.43 Å². The molecule has 0 unspecified atom stereocenters. The minimum atomic E-state index is 0. The molecule has 1 aliphatic heterocycles. The van der Waals surface area contributed by atoms with Crippen molar-refractivity contribution < 1.29 is 31.0 Å². The molecule has 0 aliphatic carbocycles. The first kappa shape index (κ1) is 10.5. The third kappa shape index (κ3) is 4.01. The predicted molar refractivity (Wildman–Crippen MR) is 34.2 cm³/mol. The van der Waals surface area contributed by atoms with Gasteiger partial charge in [0, 0.05) is 0 Å². The molecule has 50 valence electrons. The Morgan fingerprint density at radius 2 is 1.67 bits per heavy atom. The summed E-state index contributed by atoms with van der Waals surface area (Å²) in [5.41, 5.74) is 0. The summed E-state index contributed by atoms with van der Waals surface area (Å²) >= 11 is 11.1. The van der Waals surface area contributed by atoms with Crippen molar-refractivity contribution in [3.8, 4) is 0 Å². The van der Waals surface area contributed by atoms with E-state index in [0.29, 0.717) is 20.0 Å². The Morgan fingerprint density at radius 1 is 1.22 bits per heavy atom. The van der Waals surface area contributed by atoms with E-state index in [4.69, 9.17) is 23.6 Å². The molecular weight excluding hydrogens is 172 g/mol. The van der Waals surface area contributed by atoms with Crippen molar-refractivity contribution in [2.24, 2.45) is 0 Å². The monoisotopic (exact) mass is 179 g/mol. The Labute approximate surface area is 88.3 Å². The van der Waals surface area contributed by atoms with E-state index in [9.17, 15) is 0 Å². The molecule has 0 saturated carbocycles. The second-order valence-electron chi connectivity index (χ2n) is 1.63. The van der Waals surface area contributed by atoms with Crippen molar-refractivity contribution >= 4 is 23.6 Å². The van der Waals surface area contributed by atoms with E-state index in [1.807, 2.05) is 0 Å². The van der Waals surface area contributed by atoms with Gasteiger partial charge in [0.25, 0.3) is 0 Å². The zero-order valence-corrected chi connectivity index (χ0v) is 8.78. The summed E-state index contributed by atoms with van der Waals surface area (Å²) in [6.45, 7) is 2.01. The molecule has 0 aromatic rings. The van der Waals surface area contributed by atoms with Gasteiger partial charge in [0.15, 0.2) is 0 Å². The topological polar surface area (TPSA) is 18.5 Å². The Balaban J connectivity index is 0. The Bertz CT molecular complexity index is 80.1. The maximum absolute atomic E-state index is 5.56. The van der Waals surface area contributed by atoms with Crippen LogP contribution in [0.25, 0.3) is 0 Å². The first-order valence-electron chi connectivity index (χ1n) is 2.31. The summed E-state index contributed by atoms with van der Waals surface area (Å²) in [4.78, 5) is 0. The quantitative estimate of drug-likeness (QED) is 0.328. The number of rotatable bonds is 0. The van der Waals surface area contributed by atoms with E-state index < -0.39 is 0 Å². The van der Waals surface area contributed by atoms with Crippen molar-refractivity contribution in [1.29, 1.82) is 0 Å². The van der Waals surface area contributed by atoms with E-state index in [-0.39, 0.29) is 31.0 Å². The minimum absolute atomic E-state index is 0. The Morgan fingerprint density at radius 3 is 1.89 bits per heavy atom. The van der Waals surface area contributed by atoms with Crippen LogP contribution in [-0.2, 0) is 0 Å². The standard InChI is InChI=1S/C3H7Cl2N3.Na.H/c4-7-1-6-2-8(5)3-7;;/h6H,1-3H2;;/q;+1;-1. The van der Waals surface area contributed by atoms with Gasteiger partial charge in [0.05, 0.1) is 20.0 Å². The van der Waals surface area contributed by atoms with E-state index in [0.717, 1.165) is 0 Å². The molecule has 9 heavy (non-hydrogen) atoms. The van der Waals surface area contributed by atoms with Gasteiger partial charge in [0.1, 0.15) is 0 Å². The molecule has 1 N–H and O–H groups in total. The van der Waals surface area contributed by atoms with Crippen LogP contribution in [0, 0.1) is 0 Å². The molecule has 0 atom stereocenters. The average Bonchev–Trinajstić information content (AvgIpc) is 1.64. The molecule has 1 fully saturated rings. The molecule has 3 nitrogen and oxygen atoms in total. The maximum Gasteiger partial charge on any atom is 1.00 e. The van der Waals surface area contributed by atoms with Gasteiger partial charge >= 0.3 is 29.6 Å². The molecule has 1 heterocycles. The van der Waals surface area contributed by atoms with Gasteiger partial charge in [-0.1, -0.05) is 0 Å². The fourth-order valence-electron chi connectivity index (χ4n) is 0.559. The third-order valence-electron chi connectivity index (χ3n) is 0.874. The van der Waals surface area contributed by atoms with Gasteiger partial charge in [-0.3, -0.25) is 5.32 Å². The fourth-order valence-corrected chi connectivity index (χ4v) is 1.04. The van der Waals surface area contributed by atoms with E-state index >= 15 is 0 Å². The van der Waals surface area contributed by atoms with Crippen LogP contribution in [0.1, 0.15) is 1.43 Å². The van der Waals surface area contributed by atoms with Crippen LogP contribution in [0.15, 0.2) is 0 Å². The van der Waals surface area contributed by atoms with Crippen LogP contribution in [0.5, 0.6) is 0 Å². The Hall–Kier alpha value is 1.46. The van der Waals surface area contributed by atoms with Crippen LogP contribution < -0.4 is 34.9 Å². The number of nitrogens with zero attached hydrogens (tertiary/aromatic N) is 2. The predicted octanol–water partition coefficient (Wildman–Crippen LogP) is -2.51. The normalized spacial score (nSPS) is 23.3. The third-order valence-corrected chi connectivity index (χ3v) is 1.33. The smallest absolute Gasteiger partial charge is 1.00 e. The molecule has 0 radical (unpaired) electrons. The molecule has 0 amide bonds. The van der Waals surface area contributed by atoms with Crippen molar-refractivity contribution in [2.45, 2.75) is 0 Å². The van der Waals surface area contributed by atoms with Crippen LogP contribution in [-0.4, -0.2) is 28.8 Å². The van der Waals surface area contributed by atoms with Crippen molar-refractivity contribution in [3.05, 3.63) is 0 Å². The summed E-state index contributed by atoms with van der Waals surface area (Å²) in [6.07, 6.45) is 0. The van der Waals surface area contributed by atoms with Crippen molar-refractivity contribution in [1.82, 2.24) is 14.2 Å². The summed E-state index contributed by atoms with van der Waals surface area (Å²) in [6, 6.07) is 0. The van der Waals surface area contributed by atoms with Crippen LogP contribution >= 0.6 is 23.6 Å². The largest absolute Gasteiger partial charge is 1.00 e.